The molecule has 0 saturated carbocycles. The van der Waals surface area contributed by atoms with E-state index in [4.69, 9.17) is 10.00 Å². The number of likely N-dealkylation sites (N-methyl/N-ethyl adjacent to an activating group) is 1. The molecule has 0 unspecified atom stereocenters. The van der Waals surface area contributed by atoms with Crippen LogP contribution in [0.5, 0.6) is 0 Å². The van der Waals surface area contributed by atoms with E-state index in [0.29, 0.717) is 18.6 Å². The van der Waals surface area contributed by atoms with Gasteiger partial charge in [-0.15, -0.1) is 0 Å². The van der Waals surface area contributed by atoms with Crippen molar-refractivity contribution in [3.05, 3.63) is 41.0 Å². The maximum Gasteiger partial charge on any atom is 0.409 e. The third-order valence-corrected chi connectivity index (χ3v) is 10.4. The summed E-state index contributed by atoms with van der Waals surface area (Å²) < 4.78 is 33.8. The highest BCUT2D eigenvalue weighted by atomic mass is 32.2. The molecule has 3 aliphatic rings. The Morgan fingerprint density at radius 3 is 2.54 bits per heavy atom. The van der Waals surface area contributed by atoms with Gasteiger partial charge < -0.3 is 14.5 Å². The molecule has 4 rings (SSSR count). The molecule has 1 aromatic rings. The van der Waals surface area contributed by atoms with Gasteiger partial charge in [0.05, 0.1) is 22.8 Å². The Morgan fingerprint density at radius 1 is 1.23 bits per heavy atom. The van der Waals surface area contributed by atoms with E-state index < -0.39 is 33.2 Å². The van der Waals surface area contributed by atoms with Gasteiger partial charge >= 0.3 is 6.09 Å². The first-order valence-corrected chi connectivity index (χ1v) is 14.9. The molecule has 212 valence electrons. The molecule has 1 atom stereocenters. The summed E-state index contributed by atoms with van der Waals surface area (Å²) in [6.07, 6.45) is 4.13. The number of hydroxylamine groups is 1. The van der Waals surface area contributed by atoms with Crippen LogP contribution in [0.1, 0.15) is 48.8 Å². The number of aryl methyl sites for hydroxylation is 1. The minimum atomic E-state index is -3.85. The van der Waals surface area contributed by atoms with Gasteiger partial charge in [-0.1, -0.05) is 12.1 Å². The average Bonchev–Trinajstić information content (AvgIpc) is 3.35. The summed E-state index contributed by atoms with van der Waals surface area (Å²) in [4.78, 5) is 29.1. The number of nitriles is 1. The average molecular weight is 560 g/mol. The van der Waals surface area contributed by atoms with Crippen molar-refractivity contribution in [1.29, 1.82) is 5.26 Å². The van der Waals surface area contributed by atoms with Crippen molar-refractivity contribution >= 4 is 27.6 Å². The molecule has 2 N–H and O–H groups in total. The molecule has 0 bridgehead atoms. The molecule has 0 radical (unpaired) electrons. The Balaban J connectivity index is 1.39. The van der Waals surface area contributed by atoms with Gasteiger partial charge in [-0.2, -0.15) is 9.57 Å². The number of piperidine rings is 1. The topological polar surface area (TPSA) is 143 Å². The third-order valence-electron chi connectivity index (χ3n) is 8.36. The zero-order valence-corrected chi connectivity index (χ0v) is 23.4. The van der Waals surface area contributed by atoms with E-state index in [2.05, 4.69) is 11.0 Å². The number of likely N-dealkylation sites (tertiary alicyclic amines) is 2. The van der Waals surface area contributed by atoms with Gasteiger partial charge in [0, 0.05) is 32.2 Å². The van der Waals surface area contributed by atoms with E-state index in [1.54, 1.807) is 11.5 Å². The van der Waals surface area contributed by atoms with Crippen LogP contribution >= 0.6 is 0 Å². The van der Waals surface area contributed by atoms with Gasteiger partial charge in [-0.05, 0) is 81.5 Å². The standard InChI is InChI=1S/C27H37N5O6S/c1-20-16-21(17-28)5-6-24(20)22-7-12-32(13-8-22)39(36,37)19-27(25(33)29-35)9-14-31(15-10-27)26(34)38-18-23-4-3-11-30(23)2/h5-7,16,23,35H,3-4,8-15,18-19H2,1-2H3,(H,29,33)/t23-/m0/s1. The first kappa shape index (κ1) is 29.0. The second-order valence-corrected chi connectivity index (χ2v) is 12.8. The number of ether oxygens (including phenoxy) is 1. The summed E-state index contributed by atoms with van der Waals surface area (Å²) in [6.45, 7) is 3.94. The predicted octanol–water partition coefficient (Wildman–Crippen LogP) is 2.10. The molecule has 12 heteroatoms. The van der Waals surface area contributed by atoms with Gasteiger partial charge in [-0.25, -0.2) is 18.7 Å². The van der Waals surface area contributed by atoms with Crippen LogP contribution < -0.4 is 5.48 Å². The number of sulfonamides is 1. The Kier molecular flexibility index (Phi) is 8.96. The molecule has 11 nitrogen and oxygen atoms in total. The van der Waals surface area contributed by atoms with Crippen molar-refractivity contribution in [2.24, 2.45) is 5.41 Å². The van der Waals surface area contributed by atoms with Crippen LogP contribution in [0.2, 0.25) is 0 Å². The van der Waals surface area contributed by atoms with E-state index in [1.807, 2.05) is 32.2 Å². The molecular weight excluding hydrogens is 522 g/mol. The lowest BCUT2D eigenvalue weighted by Crippen LogP contribution is -2.54. The van der Waals surface area contributed by atoms with Crippen molar-refractivity contribution in [3.63, 3.8) is 0 Å². The SMILES string of the molecule is Cc1cc(C#N)ccc1C1=CCN(S(=O)(=O)CC2(C(=O)NO)CCN(C(=O)OC[C@@H]3CCCN3C)CC2)CC1. The van der Waals surface area contributed by atoms with Crippen LogP contribution in [0, 0.1) is 23.7 Å². The number of hydrogen-bond acceptors (Lipinski definition) is 8. The van der Waals surface area contributed by atoms with Crippen LogP contribution in [0.15, 0.2) is 24.3 Å². The quantitative estimate of drug-likeness (QED) is 0.382. The fourth-order valence-electron chi connectivity index (χ4n) is 5.80. The van der Waals surface area contributed by atoms with Crippen LogP contribution in [0.25, 0.3) is 5.57 Å². The number of nitrogens with one attached hydrogen (secondary N) is 1. The summed E-state index contributed by atoms with van der Waals surface area (Å²) >= 11 is 0. The molecule has 1 aromatic carbocycles. The van der Waals surface area contributed by atoms with E-state index in [1.165, 1.54) is 9.21 Å². The molecule has 3 aliphatic heterocycles. The minimum absolute atomic E-state index is 0.0937. The number of hydrogen-bond donors (Lipinski definition) is 2. The normalized spacial score (nSPS) is 22.2. The Bertz CT molecular complexity index is 1270. The fraction of sp³-hybridized carbons (Fsp3) is 0.593. The Hall–Kier alpha value is -2.98. The molecule has 3 heterocycles. The van der Waals surface area contributed by atoms with Crippen molar-refractivity contribution < 1.29 is 28.0 Å². The molecule has 0 aromatic heterocycles. The smallest absolute Gasteiger partial charge is 0.409 e. The van der Waals surface area contributed by atoms with Gasteiger partial charge in [0.15, 0.2) is 0 Å². The zero-order valence-electron chi connectivity index (χ0n) is 22.6. The number of nitrogens with zero attached hydrogens (tertiary/aromatic N) is 4. The number of amides is 2. The number of rotatable bonds is 7. The van der Waals surface area contributed by atoms with Gasteiger partial charge in [-0.3, -0.25) is 10.0 Å². The van der Waals surface area contributed by atoms with Gasteiger partial charge in [0.2, 0.25) is 10.0 Å². The maximum atomic E-state index is 13.5. The van der Waals surface area contributed by atoms with Gasteiger partial charge in [0.1, 0.15) is 6.61 Å². The predicted molar refractivity (Wildman–Crippen MR) is 144 cm³/mol. The second kappa shape index (κ2) is 12.0. The summed E-state index contributed by atoms with van der Waals surface area (Å²) in [5.74, 6) is -1.21. The van der Waals surface area contributed by atoms with Crippen LogP contribution in [-0.4, -0.2) is 97.9 Å². The largest absolute Gasteiger partial charge is 0.448 e. The number of benzene rings is 1. The first-order valence-electron chi connectivity index (χ1n) is 13.3. The van der Waals surface area contributed by atoms with Crippen molar-refractivity contribution in [1.82, 2.24) is 19.6 Å². The highest BCUT2D eigenvalue weighted by molar-refractivity contribution is 7.89. The van der Waals surface area contributed by atoms with Gasteiger partial charge in [0.25, 0.3) is 5.91 Å². The fourth-order valence-corrected chi connectivity index (χ4v) is 7.77. The highest BCUT2D eigenvalue weighted by Crippen LogP contribution is 2.36. The second-order valence-electron chi connectivity index (χ2n) is 10.8. The summed E-state index contributed by atoms with van der Waals surface area (Å²) in [5.41, 5.74) is 3.83. The summed E-state index contributed by atoms with van der Waals surface area (Å²) in [5, 5.41) is 18.5. The maximum absolute atomic E-state index is 13.5. The Morgan fingerprint density at radius 2 is 1.97 bits per heavy atom. The van der Waals surface area contributed by atoms with E-state index in [0.717, 1.165) is 36.1 Å². The highest BCUT2D eigenvalue weighted by Gasteiger charge is 2.47. The summed E-state index contributed by atoms with van der Waals surface area (Å²) in [7, 11) is -1.85. The summed E-state index contributed by atoms with van der Waals surface area (Å²) in [6, 6.07) is 7.76. The molecule has 0 spiro atoms. The molecular formula is C27H37N5O6S. The van der Waals surface area contributed by atoms with E-state index in [9.17, 15) is 23.2 Å². The van der Waals surface area contributed by atoms with Crippen LogP contribution in [-0.2, 0) is 19.6 Å². The monoisotopic (exact) mass is 559 g/mol. The van der Waals surface area contributed by atoms with Crippen molar-refractivity contribution in [3.8, 4) is 6.07 Å². The first-order chi connectivity index (χ1) is 18.6. The molecule has 2 amide bonds. The van der Waals surface area contributed by atoms with Crippen molar-refractivity contribution in [2.45, 2.75) is 45.1 Å². The molecule has 2 fully saturated rings. The lowest BCUT2D eigenvalue weighted by molar-refractivity contribution is -0.141. The van der Waals surface area contributed by atoms with Crippen LogP contribution in [0.4, 0.5) is 4.79 Å². The number of carbonyl (C=O) groups is 2. The number of carbonyl (C=O) groups excluding carboxylic acids is 2. The molecule has 2 saturated heterocycles. The minimum Gasteiger partial charge on any atom is -0.448 e. The molecule has 39 heavy (non-hydrogen) atoms. The lowest BCUT2D eigenvalue weighted by Gasteiger charge is -2.40. The van der Waals surface area contributed by atoms with Crippen LogP contribution in [0.3, 0.4) is 0 Å². The van der Waals surface area contributed by atoms with Crippen molar-refractivity contribution in [2.75, 3.05) is 52.1 Å². The van der Waals surface area contributed by atoms with E-state index >= 15 is 0 Å². The Labute approximate surface area is 230 Å². The zero-order chi connectivity index (χ0) is 28.2. The third kappa shape index (κ3) is 6.44. The molecule has 0 aliphatic carbocycles. The lowest BCUT2D eigenvalue weighted by atomic mass is 9.79. The van der Waals surface area contributed by atoms with E-state index in [-0.39, 0.29) is 45.1 Å².